The number of likely N-dealkylation sites (tertiary alicyclic amines) is 2. The molecule has 2 rings (SSSR count). The van der Waals surface area contributed by atoms with E-state index in [1.807, 2.05) is 0 Å². The summed E-state index contributed by atoms with van der Waals surface area (Å²) in [6.07, 6.45) is 3.27. The highest BCUT2D eigenvalue weighted by atomic mass is 16.3. The fraction of sp³-hybridized carbons (Fsp3) is 0.944. The zero-order valence-electron chi connectivity index (χ0n) is 15.5. The molecule has 0 spiro atoms. The fourth-order valence-electron chi connectivity index (χ4n) is 3.65. The van der Waals surface area contributed by atoms with Gasteiger partial charge in [-0.25, -0.2) is 0 Å². The van der Waals surface area contributed by atoms with Crippen molar-refractivity contribution < 1.29 is 5.11 Å². The molecule has 1 unspecified atom stereocenters. The van der Waals surface area contributed by atoms with Gasteiger partial charge in [-0.1, -0.05) is 20.8 Å². The number of guanidine groups is 1. The first kappa shape index (κ1) is 18.5. The van der Waals surface area contributed by atoms with Crippen molar-refractivity contribution in [3.63, 3.8) is 0 Å². The summed E-state index contributed by atoms with van der Waals surface area (Å²) in [5.41, 5.74) is 0. The van der Waals surface area contributed by atoms with Crippen molar-refractivity contribution in [1.82, 2.24) is 15.1 Å². The Labute approximate surface area is 142 Å². The molecule has 2 atom stereocenters. The van der Waals surface area contributed by atoms with Crippen LogP contribution in [0.2, 0.25) is 0 Å². The second-order valence-electron chi connectivity index (χ2n) is 7.61. The van der Waals surface area contributed by atoms with Crippen LogP contribution >= 0.6 is 0 Å². The van der Waals surface area contributed by atoms with E-state index in [0.717, 1.165) is 37.9 Å². The summed E-state index contributed by atoms with van der Waals surface area (Å²) >= 11 is 0. The maximum absolute atomic E-state index is 9.78. The van der Waals surface area contributed by atoms with Crippen LogP contribution in [-0.4, -0.2) is 72.3 Å². The second-order valence-corrected chi connectivity index (χ2v) is 7.61. The molecular weight excluding hydrogens is 288 g/mol. The van der Waals surface area contributed by atoms with Crippen molar-refractivity contribution in [1.29, 1.82) is 0 Å². The monoisotopic (exact) mass is 324 g/mol. The average molecular weight is 325 g/mol. The molecule has 2 saturated heterocycles. The lowest BCUT2D eigenvalue weighted by Gasteiger charge is -2.38. The van der Waals surface area contributed by atoms with Gasteiger partial charge in [0.1, 0.15) is 0 Å². The molecule has 2 N–H and O–H groups in total. The molecule has 23 heavy (non-hydrogen) atoms. The first-order chi connectivity index (χ1) is 11.0. The molecular formula is C18H36N4O. The van der Waals surface area contributed by atoms with Crippen LogP contribution in [0.4, 0.5) is 0 Å². The standard InChI is InChI=1S/C18H36N4O/c1-5-19-18(22-11-8-16(23)13-22)20-12-17(14(2)3)21-9-6-15(4)7-10-21/h14-17,23H,5-13H2,1-4H3,(H,19,20)/t16-,17?/m1/s1. The van der Waals surface area contributed by atoms with E-state index in [2.05, 4.69) is 42.8 Å². The van der Waals surface area contributed by atoms with Crippen molar-refractivity contribution in [2.45, 2.75) is 59.1 Å². The number of nitrogens with zero attached hydrogens (tertiary/aromatic N) is 3. The molecule has 2 fully saturated rings. The van der Waals surface area contributed by atoms with Crippen LogP contribution in [-0.2, 0) is 0 Å². The van der Waals surface area contributed by atoms with E-state index in [1.165, 1.54) is 25.9 Å². The van der Waals surface area contributed by atoms with E-state index in [0.29, 0.717) is 18.5 Å². The highest BCUT2D eigenvalue weighted by Gasteiger charge is 2.27. The Kier molecular flexibility index (Phi) is 7.15. The van der Waals surface area contributed by atoms with Crippen LogP contribution < -0.4 is 5.32 Å². The molecule has 0 saturated carbocycles. The Morgan fingerprint density at radius 3 is 2.43 bits per heavy atom. The zero-order chi connectivity index (χ0) is 16.8. The molecule has 0 aromatic carbocycles. The van der Waals surface area contributed by atoms with Crippen LogP contribution in [0.5, 0.6) is 0 Å². The van der Waals surface area contributed by atoms with Crippen LogP contribution in [0.3, 0.4) is 0 Å². The molecule has 0 radical (unpaired) electrons. The van der Waals surface area contributed by atoms with Crippen molar-refractivity contribution in [3.8, 4) is 0 Å². The van der Waals surface area contributed by atoms with Crippen LogP contribution in [0.15, 0.2) is 4.99 Å². The number of aliphatic imine (C=N–C) groups is 1. The highest BCUT2D eigenvalue weighted by Crippen LogP contribution is 2.21. The largest absolute Gasteiger partial charge is 0.391 e. The van der Waals surface area contributed by atoms with Crippen molar-refractivity contribution in [2.75, 3.05) is 39.3 Å². The summed E-state index contributed by atoms with van der Waals surface area (Å²) in [7, 11) is 0. The molecule has 5 heteroatoms. The fourth-order valence-corrected chi connectivity index (χ4v) is 3.65. The molecule has 5 nitrogen and oxygen atoms in total. The van der Waals surface area contributed by atoms with Crippen molar-refractivity contribution >= 4 is 5.96 Å². The summed E-state index contributed by atoms with van der Waals surface area (Å²) in [4.78, 5) is 9.76. The van der Waals surface area contributed by atoms with E-state index in [4.69, 9.17) is 4.99 Å². The van der Waals surface area contributed by atoms with Crippen LogP contribution in [0.1, 0.15) is 47.0 Å². The molecule has 134 valence electrons. The lowest BCUT2D eigenvalue weighted by Crippen LogP contribution is -2.47. The molecule has 2 aliphatic heterocycles. The normalized spacial score (nSPS) is 26.1. The molecule has 0 amide bonds. The van der Waals surface area contributed by atoms with Gasteiger partial charge in [0.05, 0.1) is 12.6 Å². The van der Waals surface area contributed by atoms with Gasteiger partial charge >= 0.3 is 0 Å². The number of hydrogen-bond acceptors (Lipinski definition) is 3. The predicted octanol–water partition coefficient (Wildman–Crippen LogP) is 1.77. The molecule has 0 aromatic heterocycles. The van der Waals surface area contributed by atoms with E-state index in [-0.39, 0.29) is 6.10 Å². The number of hydrogen-bond donors (Lipinski definition) is 2. The lowest BCUT2D eigenvalue weighted by atomic mass is 9.94. The smallest absolute Gasteiger partial charge is 0.194 e. The summed E-state index contributed by atoms with van der Waals surface area (Å²) < 4.78 is 0. The Bertz CT molecular complexity index is 377. The number of piperidine rings is 1. The van der Waals surface area contributed by atoms with Gasteiger partial charge in [-0.15, -0.1) is 0 Å². The first-order valence-corrected chi connectivity index (χ1v) is 9.46. The maximum atomic E-state index is 9.78. The van der Waals surface area contributed by atoms with Gasteiger partial charge < -0.3 is 15.3 Å². The van der Waals surface area contributed by atoms with Gasteiger partial charge in [0.15, 0.2) is 5.96 Å². The van der Waals surface area contributed by atoms with Gasteiger partial charge in [-0.2, -0.15) is 0 Å². The van der Waals surface area contributed by atoms with E-state index in [9.17, 15) is 5.11 Å². The Morgan fingerprint density at radius 1 is 1.22 bits per heavy atom. The zero-order valence-corrected chi connectivity index (χ0v) is 15.5. The van der Waals surface area contributed by atoms with Gasteiger partial charge in [0, 0.05) is 25.7 Å². The summed E-state index contributed by atoms with van der Waals surface area (Å²) in [5, 5.41) is 13.2. The highest BCUT2D eigenvalue weighted by molar-refractivity contribution is 5.80. The van der Waals surface area contributed by atoms with Gasteiger partial charge in [0.25, 0.3) is 0 Å². The van der Waals surface area contributed by atoms with E-state index in [1.54, 1.807) is 0 Å². The number of aliphatic hydroxyl groups excluding tert-OH is 1. The first-order valence-electron chi connectivity index (χ1n) is 9.46. The van der Waals surface area contributed by atoms with Crippen LogP contribution in [0.25, 0.3) is 0 Å². The summed E-state index contributed by atoms with van der Waals surface area (Å²) in [6, 6.07) is 0.517. The molecule has 2 aliphatic rings. The Balaban J connectivity index is 1.99. The minimum absolute atomic E-state index is 0.205. The minimum Gasteiger partial charge on any atom is -0.391 e. The second kappa shape index (κ2) is 8.88. The molecule has 2 heterocycles. The van der Waals surface area contributed by atoms with Crippen molar-refractivity contribution in [3.05, 3.63) is 0 Å². The van der Waals surface area contributed by atoms with Gasteiger partial charge in [-0.05, 0) is 51.1 Å². The van der Waals surface area contributed by atoms with Gasteiger partial charge in [-0.3, -0.25) is 9.89 Å². The third-order valence-corrected chi connectivity index (χ3v) is 5.28. The average Bonchev–Trinajstić information content (AvgIpc) is 2.94. The summed E-state index contributed by atoms with van der Waals surface area (Å²) in [6.45, 7) is 14.8. The van der Waals surface area contributed by atoms with Crippen molar-refractivity contribution in [2.24, 2.45) is 16.8 Å². The SMILES string of the molecule is CCNC(=NCC(C(C)C)N1CCC(C)CC1)N1CC[C@@H](O)C1. The molecule has 0 aliphatic carbocycles. The number of nitrogens with one attached hydrogen (secondary N) is 1. The minimum atomic E-state index is -0.205. The van der Waals surface area contributed by atoms with E-state index >= 15 is 0 Å². The topological polar surface area (TPSA) is 51.1 Å². The molecule has 0 aromatic rings. The predicted molar refractivity (Wildman–Crippen MR) is 96.8 cm³/mol. The van der Waals surface area contributed by atoms with E-state index < -0.39 is 0 Å². The number of aliphatic hydroxyl groups is 1. The van der Waals surface area contributed by atoms with Gasteiger partial charge in [0.2, 0.25) is 0 Å². The third kappa shape index (κ3) is 5.35. The number of β-amino-alcohol motifs (C(OH)–C–C–N with tert-alkyl or cyclic N) is 1. The molecule has 0 bridgehead atoms. The maximum Gasteiger partial charge on any atom is 0.194 e. The number of rotatable bonds is 5. The third-order valence-electron chi connectivity index (χ3n) is 5.28. The Morgan fingerprint density at radius 2 is 1.91 bits per heavy atom. The Hall–Kier alpha value is -0.810. The summed E-state index contributed by atoms with van der Waals surface area (Å²) in [5.74, 6) is 2.45. The lowest BCUT2D eigenvalue weighted by molar-refractivity contribution is 0.113. The van der Waals surface area contributed by atoms with Crippen LogP contribution in [0, 0.1) is 11.8 Å². The quantitative estimate of drug-likeness (QED) is 0.598.